The van der Waals surface area contributed by atoms with Crippen LogP contribution in [0.1, 0.15) is 25.3 Å². The normalized spacial score (nSPS) is 29.0. The first-order valence-corrected chi connectivity index (χ1v) is 8.02. The summed E-state index contributed by atoms with van der Waals surface area (Å²) >= 11 is 0. The summed E-state index contributed by atoms with van der Waals surface area (Å²) in [6, 6.07) is 5.93. The molecular weight excluding hydrogens is 328 g/mol. The van der Waals surface area contributed by atoms with Gasteiger partial charge in [-0.25, -0.2) is 0 Å². The number of nitrogens with one attached hydrogen (secondary N) is 1. The molecule has 1 aromatic carbocycles. The summed E-state index contributed by atoms with van der Waals surface area (Å²) in [5.41, 5.74) is 0.551. The van der Waals surface area contributed by atoms with Crippen LogP contribution in [0.15, 0.2) is 24.3 Å². The van der Waals surface area contributed by atoms with E-state index in [1.807, 2.05) is 13.8 Å². The van der Waals surface area contributed by atoms with Gasteiger partial charge in [-0.3, -0.25) is 20.0 Å². The molecule has 1 aliphatic rings. The highest BCUT2D eigenvalue weighted by Gasteiger charge is 2.50. The van der Waals surface area contributed by atoms with Crippen molar-refractivity contribution in [3.8, 4) is 0 Å². The molecule has 3 N–H and O–H groups in total. The third-order valence-corrected chi connectivity index (χ3v) is 4.83. The van der Waals surface area contributed by atoms with E-state index in [1.165, 1.54) is 20.3 Å². The molecule has 1 heterocycles. The number of benzene rings is 1. The van der Waals surface area contributed by atoms with Crippen molar-refractivity contribution < 1.29 is 29.5 Å². The van der Waals surface area contributed by atoms with Gasteiger partial charge in [0.2, 0.25) is 0 Å². The van der Waals surface area contributed by atoms with Crippen LogP contribution in [-0.2, 0) is 19.1 Å². The van der Waals surface area contributed by atoms with Crippen molar-refractivity contribution in [1.82, 2.24) is 5.32 Å². The van der Waals surface area contributed by atoms with E-state index in [0.29, 0.717) is 5.56 Å². The number of hydrogen-bond donors (Lipinski definition) is 3. The predicted molar refractivity (Wildman–Crippen MR) is 88.3 cm³/mol. The van der Waals surface area contributed by atoms with Crippen LogP contribution in [0, 0.1) is 11.8 Å². The van der Waals surface area contributed by atoms with Crippen LogP contribution in [-0.4, -0.2) is 48.7 Å². The number of piperidine rings is 1. The summed E-state index contributed by atoms with van der Waals surface area (Å²) in [4.78, 5) is 24.9. The van der Waals surface area contributed by atoms with Crippen LogP contribution in [0.2, 0.25) is 0 Å². The quantitative estimate of drug-likeness (QED) is 0.550. The maximum Gasteiger partial charge on any atom is 0.310 e. The predicted octanol–water partition coefficient (Wildman–Crippen LogP) is 1.31. The minimum atomic E-state index is -0.702. The fourth-order valence-corrected chi connectivity index (χ4v) is 3.78. The number of anilines is 1. The van der Waals surface area contributed by atoms with Gasteiger partial charge in [-0.2, -0.15) is 0 Å². The van der Waals surface area contributed by atoms with Crippen LogP contribution < -0.4 is 10.5 Å². The number of hydrogen-bond acceptors (Lipinski definition) is 8. The molecule has 138 valence electrons. The first-order chi connectivity index (χ1) is 11.8. The van der Waals surface area contributed by atoms with Crippen LogP contribution in [0.4, 0.5) is 5.69 Å². The number of carbonyl (C=O) groups is 2. The first-order valence-electron chi connectivity index (χ1n) is 8.02. The van der Waals surface area contributed by atoms with Crippen molar-refractivity contribution in [3.63, 3.8) is 0 Å². The molecule has 0 aliphatic carbocycles. The van der Waals surface area contributed by atoms with Crippen molar-refractivity contribution in [2.24, 2.45) is 11.8 Å². The van der Waals surface area contributed by atoms with Gasteiger partial charge in [-0.1, -0.05) is 18.2 Å². The molecule has 8 heteroatoms. The number of para-hydroxylation sites is 1. The summed E-state index contributed by atoms with van der Waals surface area (Å²) in [5, 5.41) is 22.4. The topological polar surface area (TPSA) is 108 Å². The lowest BCUT2D eigenvalue weighted by atomic mass is 9.68. The second-order valence-electron chi connectivity index (χ2n) is 6.22. The molecule has 1 fully saturated rings. The number of esters is 2. The third-order valence-electron chi connectivity index (χ3n) is 4.83. The fourth-order valence-electron chi connectivity index (χ4n) is 3.78. The van der Waals surface area contributed by atoms with Gasteiger partial charge >= 0.3 is 11.9 Å². The van der Waals surface area contributed by atoms with E-state index in [1.54, 1.807) is 18.2 Å². The average molecular weight is 352 g/mol. The average Bonchev–Trinajstić information content (AvgIpc) is 2.59. The Kier molecular flexibility index (Phi) is 5.99. The molecule has 0 amide bonds. The monoisotopic (exact) mass is 352 g/mol. The van der Waals surface area contributed by atoms with E-state index in [2.05, 4.69) is 5.32 Å². The van der Waals surface area contributed by atoms with Crippen LogP contribution in [0.3, 0.4) is 0 Å². The molecule has 4 unspecified atom stereocenters. The van der Waals surface area contributed by atoms with Gasteiger partial charge < -0.3 is 14.8 Å². The van der Waals surface area contributed by atoms with Gasteiger partial charge in [0.15, 0.2) is 0 Å². The number of carbonyl (C=O) groups excluding carboxylic acids is 2. The number of methoxy groups -OCH3 is 2. The van der Waals surface area contributed by atoms with Crippen molar-refractivity contribution in [3.05, 3.63) is 29.8 Å². The lowest BCUT2D eigenvalue weighted by Crippen LogP contribution is -2.58. The van der Waals surface area contributed by atoms with Gasteiger partial charge in [0.05, 0.1) is 31.7 Å². The molecule has 1 saturated heterocycles. The number of nitrogens with zero attached hydrogens (tertiary/aromatic N) is 1. The highest BCUT2D eigenvalue weighted by molar-refractivity contribution is 5.81. The molecule has 1 aliphatic heterocycles. The van der Waals surface area contributed by atoms with Crippen LogP contribution >= 0.6 is 0 Å². The second kappa shape index (κ2) is 7.81. The number of ether oxygens (including phenoxy) is 2. The summed E-state index contributed by atoms with van der Waals surface area (Å²) in [6.45, 7) is 3.66. The molecule has 1 aromatic rings. The van der Waals surface area contributed by atoms with Gasteiger partial charge in [-0.15, -0.1) is 5.23 Å². The Hall–Kier alpha value is -2.16. The zero-order valence-electron chi connectivity index (χ0n) is 14.7. The SMILES string of the molecule is COC(=O)C1C(C)NC(C)C(C(=O)OC)C1c1ccccc1N(O)O. The van der Waals surface area contributed by atoms with Crippen molar-refractivity contribution in [2.45, 2.75) is 31.8 Å². The molecule has 0 aromatic heterocycles. The lowest BCUT2D eigenvalue weighted by Gasteiger charge is -2.44. The minimum absolute atomic E-state index is 0.00458. The summed E-state index contributed by atoms with van der Waals surface area (Å²) < 4.78 is 9.88. The Morgan fingerprint density at radius 1 is 1.00 bits per heavy atom. The molecule has 0 saturated carbocycles. The first kappa shape index (κ1) is 19.2. The Labute approximate surface area is 146 Å². The maximum absolute atomic E-state index is 12.5. The molecule has 8 nitrogen and oxygen atoms in total. The van der Waals surface area contributed by atoms with E-state index in [4.69, 9.17) is 9.47 Å². The molecule has 2 rings (SSSR count). The Bertz CT molecular complexity index is 607. The highest BCUT2D eigenvalue weighted by atomic mass is 16.8. The standard InChI is InChI=1S/C17H24N2O6/c1-9-13(16(20)24-3)15(14(10(2)18-9)17(21)25-4)11-7-5-6-8-12(11)19(22)23/h5-10,13-15,18,22-23H,1-4H3. The molecule has 25 heavy (non-hydrogen) atoms. The van der Waals surface area contributed by atoms with Crippen molar-refractivity contribution in [2.75, 3.05) is 19.4 Å². The van der Waals surface area contributed by atoms with Gasteiger partial charge in [0, 0.05) is 18.0 Å². The second-order valence-corrected chi connectivity index (χ2v) is 6.22. The molecular formula is C17H24N2O6. The molecule has 0 bridgehead atoms. The summed E-state index contributed by atoms with van der Waals surface area (Å²) in [5.74, 6) is -3.02. The Morgan fingerprint density at radius 3 is 1.92 bits per heavy atom. The van der Waals surface area contributed by atoms with Crippen LogP contribution in [0.25, 0.3) is 0 Å². The Morgan fingerprint density at radius 2 is 1.48 bits per heavy atom. The third kappa shape index (κ3) is 3.60. The molecule has 0 radical (unpaired) electrons. The van der Waals surface area contributed by atoms with E-state index in [-0.39, 0.29) is 23.0 Å². The van der Waals surface area contributed by atoms with Gasteiger partial charge in [-0.05, 0) is 25.5 Å². The summed E-state index contributed by atoms with van der Waals surface area (Å²) in [7, 11) is 2.57. The van der Waals surface area contributed by atoms with E-state index in [9.17, 15) is 20.0 Å². The van der Waals surface area contributed by atoms with Crippen LogP contribution in [0.5, 0.6) is 0 Å². The smallest absolute Gasteiger partial charge is 0.310 e. The molecule has 4 atom stereocenters. The fraction of sp³-hybridized carbons (Fsp3) is 0.529. The van der Waals surface area contributed by atoms with E-state index < -0.39 is 29.7 Å². The maximum atomic E-state index is 12.5. The van der Waals surface area contributed by atoms with Gasteiger partial charge in [0.1, 0.15) is 0 Å². The zero-order chi connectivity index (χ0) is 18.7. The minimum Gasteiger partial charge on any atom is -0.469 e. The van der Waals surface area contributed by atoms with Gasteiger partial charge in [0.25, 0.3) is 0 Å². The largest absolute Gasteiger partial charge is 0.469 e. The van der Waals surface area contributed by atoms with Crippen molar-refractivity contribution >= 4 is 17.6 Å². The van der Waals surface area contributed by atoms with E-state index >= 15 is 0 Å². The lowest BCUT2D eigenvalue weighted by molar-refractivity contribution is -0.155. The zero-order valence-corrected chi connectivity index (χ0v) is 14.7. The number of rotatable bonds is 4. The van der Waals surface area contributed by atoms with Crippen molar-refractivity contribution in [1.29, 1.82) is 0 Å². The van der Waals surface area contributed by atoms with E-state index in [0.717, 1.165) is 0 Å². The highest BCUT2D eigenvalue weighted by Crippen LogP contribution is 2.44. The molecule has 0 spiro atoms. The summed E-state index contributed by atoms with van der Waals surface area (Å²) in [6.07, 6.45) is 0. The Balaban J connectivity index is 2.65.